The van der Waals surface area contributed by atoms with Gasteiger partial charge in [0.15, 0.2) is 0 Å². The molecule has 2 rings (SSSR count). The van der Waals surface area contributed by atoms with Gasteiger partial charge in [0.05, 0.1) is 12.9 Å². The standard InChI is InChI=1S/C14H19N3O/c1-12(15)13-5-2-3-6-14(13)18-10-4-8-17-9-7-16-11-17/h2-3,5-7,9,11-12H,4,8,10,15H2,1H3/t12-/m0/s1. The highest BCUT2D eigenvalue weighted by Gasteiger charge is 2.06. The lowest BCUT2D eigenvalue weighted by atomic mass is 10.1. The molecule has 1 aromatic carbocycles. The molecular formula is C14H19N3O. The number of benzene rings is 1. The van der Waals surface area contributed by atoms with E-state index in [1.807, 2.05) is 48.3 Å². The summed E-state index contributed by atoms with van der Waals surface area (Å²) >= 11 is 0. The zero-order valence-corrected chi connectivity index (χ0v) is 10.6. The molecule has 0 bridgehead atoms. The maximum Gasteiger partial charge on any atom is 0.124 e. The largest absolute Gasteiger partial charge is 0.493 e. The summed E-state index contributed by atoms with van der Waals surface area (Å²) in [5.41, 5.74) is 6.96. The monoisotopic (exact) mass is 245 g/mol. The van der Waals surface area contributed by atoms with E-state index in [4.69, 9.17) is 10.5 Å². The van der Waals surface area contributed by atoms with Crippen LogP contribution in [0.3, 0.4) is 0 Å². The lowest BCUT2D eigenvalue weighted by Gasteiger charge is -2.13. The van der Waals surface area contributed by atoms with Crippen LogP contribution in [0.15, 0.2) is 43.0 Å². The maximum atomic E-state index is 5.90. The highest BCUT2D eigenvalue weighted by molar-refractivity contribution is 5.35. The quantitative estimate of drug-likeness (QED) is 0.795. The molecule has 4 heteroatoms. The van der Waals surface area contributed by atoms with Crippen LogP contribution < -0.4 is 10.5 Å². The molecule has 1 aromatic heterocycles. The van der Waals surface area contributed by atoms with E-state index in [2.05, 4.69) is 4.98 Å². The van der Waals surface area contributed by atoms with E-state index in [1.165, 1.54) is 0 Å². The summed E-state index contributed by atoms with van der Waals surface area (Å²) < 4.78 is 7.83. The van der Waals surface area contributed by atoms with Crippen molar-refractivity contribution in [2.75, 3.05) is 6.61 Å². The first-order valence-corrected chi connectivity index (χ1v) is 6.20. The molecule has 1 heterocycles. The first kappa shape index (κ1) is 12.6. The fraction of sp³-hybridized carbons (Fsp3) is 0.357. The van der Waals surface area contributed by atoms with Gasteiger partial charge in [-0.3, -0.25) is 0 Å². The van der Waals surface area contributed by atoms with Crippen molar-refractivity contribution in [3.05, 3.63) is 48.5 Å². The molecule has 0 aliphatic heterocycles. The first-order chi connectivity index (χ1) is 8.77. The first-order valence-electron chi connectivity index (χ1n) is 6.20. The van der Waals surface area contributed by atoms with Gasteiger partial charge in [-0.15, -0.1) is 0 Å². The Balaban J connectivity index is 1.83. The topological polar surface area (TPSA) is 53.1 Å². The van der Waals surface area contributed by atoms with Crippen LogP contribution in [0.25, 0.3) is 0 Å². The van der Waals surface area contributed by atoms with Crippen molar-refractivity contribution >= 4 is 0 Å². The third-order valence-electron chi connectivity index (χ3n) is 2.79. The minimum Gasteiger partial charge on any atom is -0.493 e. The lowest BCUT2D eigenvalue weighted by molar-refractivity contribution is 0.297. The molecule has 0 saturated heterocycles. The van der Waals surface area contributed by atoms with Gasteiger partial charge in [0, 0.05) is 30.5 Å². The molecule has 0 spiro atoms. The number of nitrogens with zero attached hydrogens (tertiary/aromatic N) is 2. The summed E-state index contributed by atoms with van der Waals surface area (Å²) in [7, 11) is 0. The van der Waals surface area contributed by atoms with Crippen molar-refractivity contribution < 1.29 is 4.74 Å². The number of aromatic nitrogens is 2. The zero-order chi connectivity index (χ0) is 12.8. The van der Waals surface area contributed by atoms with E-state index in [1.54, 1.807) is 6.20 Å². The third-order valence-corrected chi connectivity index (χ3v) is 2.79. The van der Waals surface area contributed by atoms with Gasteiger partial charge in [-0.05, 0) is 19.4 Å². The van der Waals surface area contributed by atoms with Gasteiger partial charge in [-0.1, -0.05) is 18.2 Å². The van der Waals surface area contributed by atoms with E-state index < -0.39 is 0 Å². The highest BCUT2D eigenvalue weighted by Crippen LogP contribution is 2.23. The molecule has 0 saturated carbocycles. The number of ether oxygens (including phenoxy) is 1. The Kier molecular flexibility index (Phi) is 4.36. The van der Waals surface area contributed by atoms with Gasteiger partial charge in [0.2, 0.25) is 0 Å². The molecule has 18 heavy (non-hydrogen) atoms. The summed E-state index contributed by atoms with van der Waals surface area (Å²) in [6, 6.07) is 7.93. The third kappa shape index (κ3) is 3.34. The molecular weight excluding hydrogens is 226 g/mol. The second kappa shape index (κ2) is 6.21. The van der Waals surface area contributed by atoms with Gasteiger partial charge >= 0.3 is 0 Å². The normalized spacial score (nSPS) is 12.3. The van der Waals surface area contributed by atoms with Crippen molar-refractivity contribution in [2.24, 2.45) is 5.73 Å². The Bertz CT molecular complexity index is 466. The molecule has 96 valence electrons. The van der Waals surface area contributed by atoms with E-state index in [9.17, 15) is 0 Å². The summed E-state index contributed by atoms with van der Waals surface area (Å²) in [6.45, 7) is 3.57. The Morgan fingerprint density at radius 1 is 1.39 bits per heavy atom. The summed E-state index contributed by atoms with van der Waals surface area (Å²) in [5.74, 6) is 0.887. The Labute approximate surface area is 107 Å². The molecule has 0 aliphatic rings. The smallest absolute Gasteiger partial charge is 0.124 e. The van der Waals surface area contributed by atoms with Crippen LogP contribution in [-0.4, -0.2) is 16.2 Å². The van der Waals surface area contributed by atoms with Crippen molar-refractivity contribution in [3.63, 3.8) is 0 Å². The number of rotatable bonds is 6. The van der Waals surface area contributed by atoms with Crippen LogP contribution in [-0.2, 0) is 6.54 Å². The number of para-hydroxylation sites is 1. The van der Waals surface area contributed by atoms with Crippen LogP contribution in [0.1, 0.15) is 24.9 Å². The van der Waals surface area contributed by atoms with Crippen molar-refractivity contribution in [2.45, 2.75) is 25.9 Å². The molecule has 1 atom stereocenters. The summed E-state index contributed by atoms with van der Waals surface area (Å²) in [4.78, 5) is 4.00. The summed E-state index contributed by atoms with van der Waals surface area (Å²) in [5, 5.41) is 0. The fourth-order valence-corrected chi connectivity index (χ4v) is 1.84. The second-order valence-corrected chi connectivity index (χ2v) is 4.33. The fourth-order valence-electron chi connectivity index (χ4n) is 1.84. The zero-order valence-electron chi connectivity index (χ0n) is 10.6. The van der Waals surface area contributed by atoms with E-state index in [0.717, 1.165) is 24.3 Å². The average Bonchev–Trinajstić information content (AvgIpc) is 2.88. The Hall–Kier alpha value is -1.81. The summed E-state index contributed by atoms with van der Waals surface area (Å²) in [6.07, 6.45) is 6.50. The molecule has 0 amide bonds. The van der Waals surface area contributed by atoms with Crippen LogP contribution >= 0.6 is 0 Å². The van der Waals surface area contributed by atoms with Crippen molar-refractivity contribution in [1.29, 1.82) is 0 Å². The predicted octanol–water partition coefficient (Wildman–Crippen LogP) is 2.37. The molecule has 0 aliphatic carbocycles. The number of imidazole rings is 1. The second-order valence-electron chi connectivity index (χ2n) is 4.33. The molecule has 0 radical (unpaired) electrons. The van der Waals surface area contributed by atoms with Gasteiger partial charge in [0.25, 0.3) is 0 Å². The van der Waals surface area contributed by atoms with Crippen LogP contribution in [0.2, 0.25) is 0 Å². The minimum atomic E-state index is -0.00477. The van der Waals surface area contributed by atoms with E-state index >= 15 is 0 Å². The maximum absolute atomic E-state index is 5.90. The molecule has 0 fully saturated rings. The van der Waals surface area contributed by atoms with Gasteiger partial charge in [0.1, 0.15) is 5.75 Å². The van der Waals surface area contributed by atoms with E-state index in [-0.39, 0.29) is 6.04 Å². The number of hydrogen-bond acceptors (Lipinski definition) is 3. The molecule has 4 nitrogen and oxygen atoms in total. The highest BCUT2D eigenvalue weighted by atomic mass is 16.5. The number of hydrogen-bond donors (Lipinski definition) is 1. The lowest BCUT2D eigenvalue weighted by Crippen LogP contribution is -2.09. The molecule has 0 unspecified atom stereocenters. The number of aryl methyl sites for hydroxylation is 1. The van der Waals surface area contributed by atoms with Gasteiger partial charge in [-0.25, -0.2) is 4.98 Å². The predicted molar refractivity (Wildman–Crippen MR) is 71.4 cm³/mol. The average molecular weight is 245 g/mol. The van der Waals surface area contributed by atoms with Gasteiger partial charge < -0.3 is 15.0 Å². The minimum absolute atomic E-state index is 0.00477. The molecule has 2 aromatic rings. The molecule has 2 N–H and O–H groups in total. The Morgan fingerprint density at radius 3 is 2.94 bits per heavy atom. The SMILES string of the molecule is C[C@H](N)c1ccccc1OCCCn1ccnc1. The van der Waals surface area contributed by atoms with E-state index in [0.29, 0.717) is 6.61 Å². The van der Waals surface area contributed by atoms with Crippen LogP contribution in [0, 0.1) is 0 Å². The number of nitrogens with two attached hydrogens (primary N) is 1. The van der Waals surface area contributed by atoms with Crippen LogP contribution in [0.5, 0.6) is 5.75 Å². The van der Waals surface area contributed by atoms with Crippen molar-refractivity contribution in [3.8, 4) is 5.75 Å². The van der Waals surface area contributed by atoms with Crippen molar-refractivity contribution in [1.82, 2.24) is 9.55 Å². The van der Waals surface area contributed by atoms with Gasteiger partial charge in [-0.2, -0.15) is 0 Å². The van der Waals surface area contributed by atoms with Crippen LogP contribution in [0.4, 0.5) is 0 Å². The Morgan fingerprint density at radius 2 is 2.22 bits per heavy atom.